The van der Waals surface area contributed by atoms with E-state index in [9.17, 15) is 4.79 Å². The van der Waals surface area contributed by atoms with Gasteiger partial charge in [0.25, 0.3) is 0 Å². The second kappa shape index (κ2) is 16.8. The van der Waals surface area contributed by atoms with Crippen molar-refractivity contribution in [1.29, 1.82) is 0 Å². The number of primary amides is 1. The van der Waals surface area contributed by atoms with Gasteiger partial charge in [0.15, 0.2) is 0 Å². The highest BCUT2D eigenvalue weighted by molar-refractivity contribution is 5.76. The van der Waals surface area contributed by atoms with Crippen LogP contribution in [0.4, 0.5) is 0 Å². The monoisotopic (exact) mass is 311 g/mol. The molecule has 0 saturated carbocycles. The van der Waals surface area contributed by atoms with E-state index in [-0.39, 0.29) is 11.8 Å². The second-order valence-corrected chi connectivity index (χ2v) is 6.89. The van der Waals surface area contributed by atoms with Gasteiger partial charge in [0.1, 0.15) is 0 Å². The topological polar surface area (TPSA) is 43.1 Å². The standard InChI is InChI=1S/C20H41NO/c1-3-5-6-7-8-9-10-11-12-13-14-15-16-17-18-19(4-2)20(21)22/h19H,3-18H2,1-2H3,(H2,21,22). The zero-order chi connectivity index (χ0) is 16.5. The first-order valence-corrected chi connectivity index (χ1v) is 10.0. The fourth-order valence-electron chi connectivity index (χ4n) is 3.13. The summed E-state index contributed by atoms with van der Waals surface area (Å²) in [5.41, 5.74) is 5.36. The summed E-state index contributed by atoms with van der Waals surface area (Å²) in [5.74, 6) is -0.00507. The van der Waals surface area contributed by atoms with Gasteiger partial charge < -0.3 is 5.73 Å². The maximum Gasteiger partial charge on any atom is 0.220 e. The molecule has 0 aromatic rings. The predicted octanol–water partition coefficient (Wildman–Crippen LogP) is 6.37. The Labute approximate surface area is 139 Å². The normalized spacial score (nSPS) is 12.5. The molecule has 2 nitrogen and oxygen atoms in total. The van der Waals surface area contributed by atoms with Crippen LogP contribution in [0.1, 0.15) is 117 Å². The lowest BCUT2D eigenvalue weighted by molar-refractivity contribution is -0.122. The number of carbonyl (C=O) groups excluding carboxylic acids is 1. The van der Waals surface area contributed by atoms with E-state index >= 15 is 0 Å². The Balaban J connectivity index is 3.13. The van der Waals surface area contributed by atoms with Crippen LogP contribution >= 0.6 is 0 Å². The molecule has 0 radical (unpaired) electrons. The van der Waals surface area contributed by atoms with Crippen LogP contribution in [0.3, 0.4) is 0 Å². The molecule has 0 aromatic carbocycles. The van der Waals surface area contributed by atoms with Crippen molar-refractivity contribution in [3.63, 3.8) is 0 Å². The summed E-state index contributed by atoms with van der Waals surface area (Å²) in [7, 11) is 0. The summed E-state index contributed by atoms with van der Waals surface area (Å²) in [6.07, 6.45) is 21.2. The lowest BCUT2D eigenvalue weighted by Crippen LogP contribution is -2.22. The minimum absolute atomic E-state index is 0.109. The van der Waals surface area contributed by atoms with Crippen molar-refractivity contribution in [2.45, 2.75) is 117 Å². The molecule has 0 spiro atoms. The Morgan fingerprint density at radius 1 is 0.682 bits per heavy atom. The zero-order valence-corrected chi connectivity index (χ0v) is 15.4. The van der Waals surface area contributed by atoms with E-state index in [0.29, 0.717) is 0 Å². The highest BCUT2D eigenvalue weighted by atomic mass is 16.1. The molecule has 1 unspecified atom stereocenters. The molecule has 0 aliphatic rings. The number of rotatable bonds is 17. The van der Waals surface area contributed by atoms with Crippen molar-refractivity contribution in [3.8, 4) is 0 Å². The molecule has 0 rings (SSSR count). The van der Waals surface area contributed by atoms with Gasteiger partial charge in [-0.3, -0.25) is 4.79 Å². The molecule has 0 bridgehead atoms. The number of unbranched alkanes of at least 4 members (excludes halogenated alkanes) is 13. The molecule has 0 aromatic heterocycles. The van der Waals surface area contributed by atoms with Gasteiger partial charge >= 0.3 is 0 Å². The zero-order valence-electron chi connectivity index (χ0n) is 15.4. The van der Waals surface area contributed by atoms with E-state index in [2.05, 4.69) is 13.8 Å². The highest BCUT2D eigenvalue weighted by Crippen LogP contribution is 2.16. The summed E-state index contributed by atoms with van der Waals surface area (Å²) < 4.78 is 0. The van der Waals surface area contributed by atoms with Crippen LogP contribution < -0.4 is 5.73 Å². The van der Waals surface area contributed by atoms with Crippen LogP contribution in [0.15, 0.2) is 0 Å². The number of nitrogens with two attached hydrogens (primary N) is 1. The fourth-order valence-corrected chi connectivity index (χ4v) is 3.13. The third-order valence-electron chi connectivity index (χ3n) is 4.80. The van der Waals surface area contributed by atoms with E-state index in [1.165, 1.54) is 89.9 Å². The summed E-state index contributed by atoms with van der Waals surface area (Å²) in [5, 5.41) is 0. The molecule has 0 fully saturated rings. The van der Waals surface area contributed by atoms with E-state index in [1.807, 2.05) is 0 Å². The van der Waals surface area contributed by atoms with Crippen LogP contribution in [0, 0.1) is 5.92 Å². The minimum atomic E-state index is -0.114. The van der Waals surface area contributed by atoms with Gasteiger partial charge in [-0.15, -0.1) is 0 Å². The highest BCUT2D eigenvalue weighted by Gasteiger charge is 2.11. The largest absolute Gasteiger partial charge is 0.369 e. The summed E-state index contributed by atoms with van der Waals surface area (Å²) in [4.78, 5) is 11.1. The van der Waals surface area contributed by atoms with Gasteiger partial charge in [-0.05, 0) is 12.8 Å². The predicted molar refractivity (Wildman–Crippen MR) is 97.9 cm³/mol. The van der Waals surface area contributed by atoms with Crippen molar-refractivity contribution < 1.29 is 4.79 Å². The van der Waals surface area contributed by atoms with Gasteiger partial charge in [-0.1, -0.05) is 104 Å². The van der Waals surface area contributed by atoms with Gasteiger partial charge in [-0.25, -0.2) is 0 Å². The molecule has 2 heteroatoms. The molecule has 1 amide bonds. The summed E-state index contributed by atoms with van der Waals surface area (Å²) in [6, 6.07) is 0. The molecule has 0 heterocycles. The van der Waals surface area contributed by atoms with E-state index in [0.717, 1.165) is 12.8 Å². The summed E-state index contributed by atoms with van der Waals surface area (Å²) >= 11 is 0. The lowest BCUT2D eigenvalue weighted by atomic mass is 9.97. The quantitative estimate of drug-likeness (QED) is 0.312. The molecule has 1 atom stereocenters. The number of carbonyl (C=O) groups is 1. The van der Waals surface area contributed by atoms with Crippen molar-refractivity contribution >= 4 is 5.91 Å². The van der Waals surface area contributed by atoms with Crippen LogP contribution in [0.5, 0.6) is 0 Å². The Kier molecular flexibility index (Phi) is 16.4. The van der Waals surface area contributed by atoms with Crippen LogP contribution in [-0.2, 0) is 4.79 Å². The number of hydrogen-bond donors (Lipinski definition) is 1. The lowest BCUT2D eigenvalue weighted by Gasteiger charge is -2.09. The molecule has 22 heavy (non-hydrogen) atoms. The molecule has 0 saturated heterocycles. The molecular formula is C20H41NO. The van der Waals surface area contributed by atoms with Crippen LogP contribution in [0.2, 0.25) is 0 Å². The molecular weight excluding hydrogens is 270 g/mol. The average Bonchev–Trinajstić information content (AvgIpc) is 2.51. The van der Waals surface area contributed by atoms with Crippen molar-refractivity contribution in [3.05, 3.63) is 0 Å². The minimum Gasteiger partial charge on any atom is -0.369 e. The molecule has 0 aliphatic carbocycles. The first kappa shape index (κ1) is 21.5. The first-order valence-electron chi connectivity index (χ1n) is 10.0. The van der Waals surface area contributed by atoms with E-state index in [4.69, 9.17) is 5.73 Å². The van der Waals surface area contributed by atoms with Gasteiger partial charge in [0.2, 0.25) is 5.91 Å². The summed E-state index contributed by atoms with van der Waals surface area (Å²) in [6.45, 7) is 4.33. The average molecular weight is 312 g/mol. The number of hydrogen-bond acceptors (Lipinski definition) is 1. The van der Waals surface area contributed by atoms with Gasteiger partial charge in [0.05, 0.1) is 0 Å². The second-order valence-electron chi connectivity index (χ2n) is 6.89. The Morgan fingerprint density at radius 3 is 1.36 bits per heavy atom. The van der Waals surface area contributed by atoms with E-state index in [1.54, 1.807) is 0 Å². The van der Waals surface area contributed by atoms with Crippen molar-refractivity contribution in [1.82, 2.24) is 0 Å². The Hall–Kier alpha value is -0.530. The SMILES string of the molecule is CCCCCCCCCCCCCCCCC(CC)C(N)=O. The van der Waals surface area contributed by atoms with E-state index < -0.39 is 0 Å². The van der Waals surface area contributed by atoms with Crippen molar-refractivity contribution in [2.75, 3.05) is 0 Å². The van der Waals surface area contributed by atoms with Crippen LogP contribution in [0.25, 0.3) is 0 Å². The van der Waals surface area contributed by atoms with Gasteiger partial charge in [0, 0.05) is 5.92 Å². The maximum absolute atomic E-state index is 11.1. The number of amides is 1. The molecule has 0 aliphatic heterocycles. The van der Waals surface area contributed by atoms with Gasteiger partial charge in [-0.2, -0.15) is 0 Å². The van der Waals surface area contributed by atoms with Crippen molar-refractivity contribution in [2.24, 2.45) is 11.7 Å². The third-order valence-corrected chi connectivity index (χ3v) is 4.80. The Morgan fingerprint density at radius 2 is 1.05 bits per heavy atom. The molecule has 2 N–H and O–H groups in total. The smallest absolute Gasteiger partial charge is 0.220 e. The third kappa shape index (κ3) is 14.4. The molecule has 132 valence electrons. The fraction of sp³-hybridized carbons (Fsp3) is 0.950. The Bertz CT molecular complexity index is 240. The maximum atomic E-state index is 11.1. The van der Waals surface area contributed by atoms with Crippen LogP contribution in [-0.4, -0.2) is 5.91 Å². The first-order chi connectivity index (χ1) is 10.7.